The lowest BCUT2D eigenvalue weighted by Gasteiger charge is -2.26. The first-order valence-corrected chi connectivity index (χ1v) is 12.2. The largest absolute Gasteiger partial charge is 0.436 e. The Balaban J connectivity index is 1.25. The fraction of sp³-hybridized carbons (Fsp3) is 0.143. The van der Waals surface area contributed by atoms with Crippen molar-refractivity contribution < 1.29 is 23.5 Å². The van der Waals surface area contributed by atoms with E-state index in [1.165, 1.54) is 29.2 Å². The summed E-state index contributed by atoms with van der Waals surface area (Å²) in [6.07, 6.45) is 4.45. The maximum atomic E-state index is 13.9. The third-order valence-electron chi connectivity index (χ3n) is 6.54. The van der Waals surface area contributed by atoms with Gasteiger partial charge in [-0.05, 0) is 36.4 Å². The number of ether oxygens (including phenoxy) is 2. The maximum absolute atomic E-state index is 13.9. The number of halogens is 1. The second-order valence-electron chi connectivity index (χ2n) is 8.94. The van der Waals surface area contributed by atoms with Crippen LogP contribution in [0.2, 0.25) is 0 Å². The SMILES string of the molecule is Nc1c(C(=O)c2c[nH]c3ccc(C(=O)N4CCOCC4)cc23)cnn1-c1ccc(Oc2ccccc2F)nc1. The quantitative estimate of drug-likeness (QED) is 0.321. The molecule has 2 aromatic carbocycles. The number of pyridine rings is 1. The number of anilines is 1. The first kappa shape index (κ1) is 24.3. The van der Waals surface area contributed by atoms with Crippen LogP contribution in [0.1, 0.15) is 26.3 Å². The molecular weight excluding hydrogens is 503 g/mol. The molecule has 10 nitrogen and oxygen atoms in total. The van der Waals surface area contributed by atoms with Crippen molar-refractivity contribution in [1.82, 2.24) is 24.6 Å². The molecular formula is C28H23FN6O4. The summed E-state index contributed by atoms with van der Waals surface area (Å²) in [5, 5.41) is 4.89. The second kappa shape index (κ2) is 10.0. The zero-order valence-corrected chi connectivity index (χ0v) is 20.6. The number of carbonyl (C=O) groups excluding carboxylic acids is 2. The topological polar surface area (TPSA) is 128 Å². The third-order valence-corrected chi connectivity index (χ3v) is 6.54. The van der Waals surface area contributed by atoms with Crippen molar-refractivity contribution in [3.8, 4) is 17.3 Å². The van der Waals surface area contributed by atoms with Crippen LogP contribution in [0.15, 0.2) is 73.2 Å². The van der Waals surface area contributed by atoms with Gasteiger partial charge in [0, 0.05) is 47.4 Å². The molecule has 196 valence electrons. The van der Waals surface area contributed by atoms with Gasteiger partial charge in [0.05, 0.1) is 36.9 Å². The highest BCUT2D eigenvalue weighted by Gasteiger charge is 2.23. The van der Waals surface area contributed by atoms with Gasteiger partial charge >= 0.3 is 0 Å². The molecule has 0 spiro atoms. The number of aromatic nitrogens is 4. The Morgan fingerprint density at radius 2 is 1.85 bits per heavy atom. The van der Waals surface area contributed by atoms with Crippen molar-refractivity contribution in [3.05, 3.63) is 95.7 Å². The third kappa shape index (κ3) is 4.59. The minimum absolute atomic E-state index is 0.0535. The van der Waals surface area contributed by atoms with Gasteiger partial charge < -0.3 is 25.1 Å². The molecule has 0 atom stereocenters. The lowest BCUT2D eigenvalue weighted by atomic mass is 10.0. The minimum atomic E-state index is -0.502. The van der Waals surface area contributed by atoms with E-state index in [0.717, 1.165) is 5.52 Å². The number of hydrogen-bond donors (Lipinski definition) is 2. The van der Waals surface area contributed by atoms with Gasteiger partial charge in [-0.1, -0.05) is 12.1 Å². The number of fused-ring (bicyclic) bond motifs is 1. The summed E-state index contributed by atoms with van der Waals surface area (Å²) in [5.74, 6) is -0.586. The van der Waals surface area contributed by atoms with E-state index < -0.39 is 5.82 Å². The van der Waals surface area contributed by atoms with E-state index >= 15 is 0 Å². The van der Waals surface area contributed by atoms with Gasteiger partial charge in [-0.15, -0.1) is 0 Å². The molecule has 1 amide bonds. The molecule has 0 radical (unpaired) electrons. The highest BCUT2D eigenvalue weighted by Crippen LogP contribution is 2.27. The molecule has 0 bridgehead atoms. The Bertz CT molecular complexity index is 1690. The molecule has 4 heterocycles. The molecule has 39 heavy (non-hydrogen) atoms. The zero-order valence-electron chi connectivity index (χ0n) is 20.6. The number of ketones is 1. The van der Waals surface area contributed by atoms with Gasteiger partial charge in [-0.25, -0.2) is 14.1 Å². The average Bonchev–Trinajstić information content (AvgIpc) is 3.57. The summed E-state index contributed by atoms with van der Waals surface area (Å²) in [7, 11) is 0. The molecule has 0 unspecified atom stereocenters. The number of hydrogen-bond acceptors (Lipinski definition) is 7. The standard InChI is InChI=1S/C28H23FN6O4/c29-22-3-1-2-4-24(22)39-25-8-6-18(14-32-25)35-27(30)21(16-33-35)26(36)20-15-31-23-7-5-17(13-19(20)23)28(37)34-9-11-38-12-10-34/h1-8,13-16,31H,9-12,30H2. The number of nitrogen functional groups attached to an aromatic ring is 1. The van der Waals surface area contributed by atoms with Crippen LogP contribution in [-0.2, 0) is 4.74 Å². The normalized spacial score (nSPS) is 13.5. The first-order chi connectivity index (χ1) is 19.0. The Kier molecular flexibility index (Phi) is 6.25. The number of H-pyrrole nitrogens is 1. The fourth-order valence-corrected chi connectivity index (χ4v) is 4.47. The number of morpholine rings is 1. The van der Waals surface area contributed by atoms with Crippen molar-refractivity contribution in [2.75, 3.05) is 32.0 Å². The van der Waals surface area contributed by atoms with Gasteiger partial charge in [0.15, 0.2) is 11.6 Å². The summed E-state index contributed by atoms with van der Waals surface area (Å²) < 4.78 is 26.1. The monoisotopic (exact) mass is 526 g/mol. The molecule has 1 saturated heterocycles. The van der Waals surface area contributed by atoms with Crippen molar-refractivity contribution in [1.29, 1.82) is 0 Å². The highest BCUT2D eigenvalue weighted by molar-refractivity contribution is 6.18. The Hall–Kier alpha value is -5.03. The molecule has 1 aliphatic rings. The van der Waals surface area contributed by atoms with E-state index in [2.05, 4.69) is 15.1 Å². The molecule has 11 heteroatoms. The fourth-order valence-electron chi connectivity index (χ4n) is 4.47. The van der Waals surface area contributed by atoms with Crippen LogP contribution in [0.25, 0.3) is 16.6 Å². The smallest absolute Gasteiger partial charge is 0.254 e. The number of aromatic amines is 1. The van der Waals surface area contributed by atoms with Crippen LogP contribution in [0.3, 0.4) is 0 Å². The first-order valence-electron chi connectivity index (χ1n) is 12.2. The van der Waals surface area contributed by atoms with Gasteiger partial charge in [0.2, 0.25) is 11.7 Å². The van der Waals surface area contributed by atoms with Gasteiger partial charge in [-0.3, -0.25) is 9.59 Å². The summed E-state index contributed by atoms with van der Waals surface area (Å²) in [6, 6.07) is 14.5. The molecule has 3 N–H and O–H groups in total. The summed E-state index contributed by atoms with van der Waals surface area (Å²) in [5.41, 5.74) is 8.61. The molecule has 1 aliphatic heterocycles. The number of para-hydroxylation sites is 1. The van der Waals surface area contributed by atoms with Crippen molar-refractivity contribution in [2.45, 2.75) is 0 Å². The number of nitrogens with zero attached hydrogens (tertiary/aromatic N) is 4. The molecule has 0 saturated carbocycles. The molecule has 0 aliphatic carbocycles. The van der Waals surface area contributed by atoms with Crippen molar-refractivity contribution in [3.63, 3.8) is 0 Å². The molecule has 1 fully saturated rings. The van der Waals surface area contributed by atoms with E-state index in [1.54, 1.807) is 53.6 Å². The van der Waals surface area contributed by atoms with Crippen LogP contribution >= 0.6 is 0 Å². The highest BCUT2D eigenvalue weighted by atomic mass is 19.1. The Labute approximate surface area is 221 Å². The predicted molar refractivity (Wildman–Crippen MR) is 141 cm³/mol. The van der Waals surface area contributed by atoms with Crippen LogP contribution < -0.4 is 10.5 Å². The molecule has 3 aromatic heterocycles. The van der Waals surface area contributed by atoms with E-state index in [4.69, 9.17) is 15.2 Å². The number of rotatable bonds is 6. The summed E-state index contributed by atoms with van der Waals surface area (Å²) in [4.78, 5) is 35.5. The van der Waals surface area contributed by atoms with E-state index in [1.807, 2.05) is 0 Å². The molecule has 5 aromatic rings. The minimum Gasteiger partial charge on any atom is -0.436 e. The number of amides is 1. The van der Waals surface area contributed by atoms with E-state index in [-0.39, 0.29) is 34.7 Å². The van der Waals surface area contributed by atoms with Crippen LogP contribution in [-0.4, -0.2) is 62.6 Å². The van der Waals surface area contributed by atoms with Gasteiger partial charge in [0.1, 0.15) is 5.82 Å². The zero-order chi connectivity index (χ0) is 26.9. The van der Waals surface area contributed by atoms with Crippen LogP contribution in [0.5, 0.6) is 11.6 Å². The van der Waals surface area contributed by atoms with Crippen LogP contribution in [0.4, 0.5) is 10.2 Å². The summed E-state index contributed by atoms with van der Waals surface area (Å²) >= 11 is 0. The summed E-state index contributed by atoms with van der Waals surface area (Å²) in [6.45, 7) is 2.05. The van der Waals surface area contributed by atoms with Crippen molar-refractivity contribution in [2.24, 2.45) is 0 Å². The van der Waals surface area contributed by atoms with Crippen LogP contribution in [0, 0.1) is 5.82 Å². The second-order valence-corrected chi connectivity index (χ2v) is 8.94. The number of nitrogens with two attached hydrogens (primary N) is 1. The Morgan fingerprint density at radius 3 is 2.62 bits per heavy atom. The van der Waals surface area contributed by atoms with E-state index in [9.17, 15) is 14.0 Å². The maximum Gasteiger partial charge on any atom is 0.254 e. The van der Waals surface area contributed by atoms with Gasteiger partial charge in [0.25, 0.3) is 5.91 Å². The Morgan fingerprint density at radius 1 is 1.03 bits per heavy atom. The number of nitrogens with one attached hydrogen (secondary N) is 1. The van der Waals surface area contributed by atoms with Crippen molar-refractivity contribution >= 4 is 28.4 Å². The number of carbonyl (C=O) groups is 2. The lowest BCUT2D eigenvalue weighted by Crippen LogP contribution is -2.40. The number of benzene rings is 2. The lowest BCUT2D eigenvalue weighted by molar-refractivity contribution is 0.0303. The predicted octanol–water partition coefficient (Wildman–Crippen LogP) is 3.97. The average molecular weight is 527 g/mol. The van der Waals surface area contributed by atoms with E-state index in [0.29, 0.717) is 48.5 Å². The van der Waals surface area contributed by atoms with Gasteiger partial charge in [-0.2, -0.15) is 5.10 Å². The molecule has 6 rings (SSSR count).